The molecule has 1 aromatic heterocycles. The lowest BCUT2D eigenvalue weighted by molar-refractivity contribution is -0.154. The maximum absolute atomic E-state index is 12.9. The molecule has 2 saturated heterocycles. The molecule has 6 nitrogen and oxygen atoms in total. The van der Waals surface area contributed by atoms with Gasteiger partial charge in [0.2, 0.25) is 5.91 Å². The van der Waals surface area contributed by atoms with Crippen molar-refractivity contribution in [1.29, 1.82) is 0 Å². The molecule has 0 bridgehead atoms. The van der Waals surface area contributed by atoms with Gasteiger partial charge in [0.1, 0.15) is 10.7 Å². The Morgan fingerprint density at radius 1 is 1.26 bits per heavy atom. The number of aliphatic hydroxyl groups excluding tert-OH is 1. The van der Waals surface area contributed by atoms with E-state index in [1.807, 2.05) is 30.3 Å². The molecule has 2 aliphatic rings. The predicted molar refractivity (Wildman–Crippen MR) is 103 cm³/mol. The Hall–Kier alpha value is -2.25. The number of nitrogens with zero attached hydrogens (tertiary/aromatic N) is 3. The number of rotatable bonds is 2. The van der Waals surface area contributed by atoms with Gasteiger partial charge >= 0.3 is 0 Å². The van der Waals surface area contributed by atoms with E-state index in [0.717, 1.165) is 10.6 Å². The molecule has 2 aromatic rings. The van der Waals surface area contributed by atoms with Crippen molar-refractivity contribution in [3.8, 4) is 10.6 Å². The third-order valence-corrected chi connectivity index (χ3v) is 6.55. The van der Waals surface area contributed by atoms with Crippen LogP contribution in [0.15, 0.2) is 35.7 Å². The first-order valence-corrected chi connectivity index (χ1v) is 10.1. The molecule has 2 fully saturated rings. The Bertz CT molecular complexity index is 843. The smallest absolute Gasteiger partial charge is 0.273 e. The standard InChI is InChI=1S/C20H23N3O3S/c1-22-12-15(24)11-20(19(22)26)7-9-23(10-8-20)18(25)16-13-27-17(21-16)14-5-3-2-4-6-14/h2-6,13,15,24H,7-12H2,1H3. The van der Waals surface area contributed by atoms with Crippen LogP contribution in [0.25, 0.3) is 10.6 Å². The number of likely N-dealkylation sites (tertiary alicyclic amines) is 2. The Morgan fingerprint density at radius 3 is 2.67 bits per heavy atom. The summed E-state index contributed by atoms with van der Waals surface area (Å²) < 4.78 is 0. The van der Waals surface area contributed by atoms with Crippen molar-refractivity contribution in [2.45, 2.75) is 25.4 Å². The molecule has 4 rings (SSSR count). The molecule has 0 radical (unpaired) electrons. The van der Waals surface area contributed by atoms with Crippen LogP contribution in [-0.2, 0) is 4.79 Å². The van der Waals surface area contributed by atoms with Crippen LogP contribution < -0.4 is 0 Å². The van der Waals surface area contributed by atoms with Crippen molar-refractivity contribution in [3.05, 3.63) is 41.4 Å². The molecular formula is C20H23N3O3S. The van der Waals surface area contributed by atoms with E-state index in [1.54, 1.807) is 22.2 Å². The van der Waals surface area contributed by atoms with E-state index in [4.69, 9.17) is 0 Å². The molecule has 0 aliphatic carbocycles. The zero-order valence-electron chi connectivity index (χ0n) is 15.3. The van der Waals surface area contributed by atoms with Gasteiger partial charge in [0.05, 0.1) is 11.5 Å². The van der Waals surface area contributed by atoms with E-state index < -0.39 is 11.5 Å². The van der Waals surface area contributed by atoms with Gasteiger partial charge in [0, 0.05) is 37.6 Å². The molecule has 27 heavy (non-hydrogen) atoms. The highest BCUT2D eigenvalue weighted by Gasteiger charge is 2.48. The third-order valence-electron chi connectivity index (χ3n) is 5.66. The minimum atomic E-state index is -0.527. The third kappa shape index (κ3) is 3.37. The molecule has 1 aromatic carbocycles. The van der Waals surface area contributed by atoms with Gasteiger partial charge in [-0.15, -0.1) is 11.3 Å². The molecule has 142 valence electrons. The Labute approximate surface area is 162 Å². The molecule has 7 heteroatoms. The zero-order valence-corrected chi connectivity index (χ0v) is 16.1. The first kappa shape index (κ1) is 18.1. The highest BCUT2D eigenvalue weighted by Crippen LogP contribution is 2.41. The monoisotopic (exact) mass is 385 g/mol. The summed E-state index contributed by atoms with van der Waals surface area (Å²) in [4.78, 5) is 33.4. The minimum absolute atomic E-state index is 0.0829. The Kier molecular flexibility index (Phi) is 4.74. The number of benzene rings is 1. The zero-order chi connectivity index (χ0) is 19.0. The lowest BCUT2D eigenvalue weighted by Crippen LogP contribution is -2.56. The van der Waals surface area contributed by atoms with Crippen molar-refractivity contribution < 1.29 is 14.7 Å². The number of amides is 2. The van der Waals surface area contributed by atoms with Crippen LogP contribution in [0, 0.1) is 5.41 Å². The summed E-state index contributed by atoms with van der Waals surface area (Å²) in [5, 5.41) is 12.7. The average molecular weight is 385 g/mol. The fourth-order valence-corrected chi connectivity index (χ4v) is 5.01. The molecule has 1 unspecified atom stereocenters. The predicted octanol–water partition coefficient (Wildman–Crippen LogP) is 2.26. The van der Waals surface area contributed by atoms with Gasteiger partial charge in [-0.25, -0.2) is 4.98 Å². The number of hydrogen-bond donors (Lipinski definition) is 1. The van der Waals surface area contributed by atoms with E-state index >= 15 is 0 Å². The fourth-order valence-electron chi connectivity index (χ4n) is 4.21. The highest BCUT2D eigenvalue weighted by molar-refractivity contribution is 7.13. The average Bonchev–Trinajstić information content (AvgIpc) is 3.17. The summed E-state index contributed by atoms with van der Waals surface area (Å²) in [6, 6.07) is 9.82. The normalized spacial score (nSPS) is 22.3. The van der Waals surface area contributed by atoms with Crippen LogP contribution in [0.5, 0.6) is 0 Å². The molecular weight excluding hydrogens is 362 g/mol. The van der Waals surface area contributed by atoms with Gasteiger partial charge in [-0.1, -0.05) is 30.3 Å². The first-order valence-electron chi connectivity index (χ1n) is 9.22. The Balaban J connectivity index is 1.45. The SMILES string of the molecule is CN1CC(O)CC2(CCN(C(=O)c3csc(-c4ccccc4)n3)CC2)C1=O. The largest absolute Gasteiger partial charge is 0.391 e. The molecule has 1 atom stereocenters. The van der Waals surface area contributed by atoms with Gasteiger partial charge in [0.25, 0.3) is 5.91 Å². The number of aromatic nitrogens is 1. The fraction of sp³-hybridized carbons (Fsp3) is 0.450. The van der Waals surface area contributed by atoms with Crippen molar-refractivity contribution >= 4 is 23.2 Å². The number of hydrogen-bond acceptors (Lipinski definition) is 5. The lowest BCUT2D eigenvalue weighted by atomic mass is 9.71. The summed E-state index contributed by atoms with van der Waals surface area (Å²) >= 11 is 1.47. The second-order valence-corrected chi connectivity index (χ2v) is 8.38. The van der Waals surface area contributed by atoms with Gasteiger partial charge < -0.3 is 14.9 Å². The first-order chi connectivity index (χ1) is 13.0. The van der Waals surface area contributed by atoms with Gasteiger partial charge in [-0.2, -0.15) is 0 Å². The van der Waals surface area contributed by atoms with E-state index in [9.17, 15) is 14.7 Å². The second kappa shape index (κ2) is 7.05. The summed E-state index contributed by atoms with van der Waals surface area (Å²) in [7, 11) is 1.74. The summed E-state index contributed by atoms with van der Waals surface area (Å²) in [6.07, 6.45) is 1.19. The van der Waals surface area contributed by atoms with E-state index in [-0.39, 0.29) is 11.8 Å². The van der Waals surface area contributed by atoms with Crippen molar-refractivity contribution in [3.63, 3.8) is 0 Å². The maximum atomic E-state index is 12.9. The molecule has 0 saturated carbocycles. The summed E-state index contributed by atoms with van der Waals surface area (Å²) in [5.74, 6) is 0.0142. The molecule has 1 N–H and O–H groups in total. The van der Waals surface area contributed by atoms with Gasteiger partial charge in [-0.05, 0) is 19.3 Å². The van der Waals surface area contributed by atoms with E-state index in [0.29, 0.717) is 44.6 Å². The van der Waals surface area contributed by atoms with Crippen LogP contribution in [0.3, 0.4) is 0 Å². The number of thiazole rings is 1. The van der Waals surface area contributed by atoms with Crippen LogP contribution in [-0.4, -0.2) is 64.5 Å². The number of likely N-dealkylation sites (N-methyl/N-ethyl adjacent to an activating group) is 1. The number of carbonyl (C=O) groups is 2. The highest BCUT2D eigenvalue weighted by atomic mass is 32.1. The van der Waals surface area contributed by atoms with Crippen LogP contribution in [0.1, 0.15) is 29.8 Å². The summed E-state index contributed by atoms with van der Waals surface area (Å²) in [5.41, 5.74) is 0.936. The van der Waals surface area contributed by atoms with E-state index in [1.165, 1.54) is 11.3 Å². The molecule has 2 aliphatic heterocycles. The van der Waals surface area contributed by atoms with Gasteiger partial charge in [-0.3, -0.25) is 9.59 Å². The minimum Gasteiger partial charge on any atom is -0.391 e. The topological polar surface area (TPSA) is 73.7 Å². The Morgan fingerprint density at radius 2 is 1.96 bits per heavy atom. The van der Waals surface area contributed by atoms with Crippen LogP contribution >= 0.6 is 11.3 Å². The van der Waals surface area contributed by atoms with Crippen LogP contribution in [0.2, 0.25) is 0 Å². The maximum Gasteiger partial charge on any atom is 0.273 e. The lowest BCUT2D eigenvalue weighted by Gasteiger charge is -2.46. The van der Waals surface area contributed by atoms with Crippen molar-refractivity contribution in [1.82, 2.24) is 14.8 Å². The number of carbonyl (C=O) groups excluding carboxylic acids is 2. The van der Waals surface area contributed by atoms with Crippen molar-refractivity contribution in [2.75, 3.05) is 26.7 Å². The quantitative estimate of drug-likeness (QED) is 0.861. The molecule has 1 spiro atoms. The van der Waals surface area contributed by atoms with E-state index in [2.05, 4.69) is 4.98 Å². The molecule has 3 heterocycles. The number of piperidine rings is 2. The molecule has 2 amide bonds. The number of aliphatic hydroxyl groups is 1. The second-order valence-electron chi connectivity index (χ2n) is 7.52. The van der Waals surface area contributed by atoms with Crippen LogP contribution in [0.4, 0.5) is 0 Å². The number of β-amino-alcohol motifs (C(OH)–C–C–N with tert-alkyl or cyclic N) is 1. The van der Waals surface area contributed by atoms with Gasteiger partial charge in [0.15, 0.2) is 0 Å². The van der Waals surface area contributed by atoms with Crippen molar-refractivity contribution in [2.24, 2.45) is 5.41 Å². The summed E-state index contributed by atoms with van der Waals surface area (Å²) in [6.45, 7) is 1.43.